The fourth-order valence-electron chi connectivity index (χ4n) is 1.03. The van der Waals surface area contributed by atoms with Gasteiger partial charge in [0.2, 0.25) is 5.95 Å². The van der Waals surface area contributed by atoms with Crippen LogP contribution in [0.1, 0.15) is 17.3 Å². The minimum atomic E-state index is -0.526. The molecule has 0 saturated heterocycles. The van der Waals surface area contributed by atoms with Gasteiger partial charge in [0.05, 0.1) is 12.6 Å². The van der Waals surface area contributed by atoms with Crippen molar-refractivity contribution in [2.45, 2.75) is 13.0 Å². The molecule has 1 atom stereocenters. The SMILES string of the molecule is Cc1nc(F)ccc1[C@H](N)CO. The molecule has 0 saturated carbocycles. The highest BCUT2D eigenvalue weighted by molar-refractivity contribution is 5.22. The number of hydrogen-bond acceptors (Lipinski definition) is 3. The van der Waals surface area contributed by atoms with Crippen molar-refractivity contribution in [2.75, 3.05) is 6.61 Å². The van der Waals surface area contributed by atoms with E-state index >= 15 is 0 Å². The van der Waals surface area contributed by atoms with Crippen LogP contribution in [0, 0.1) is 12.9 Å². The number of nitrogens with zero attached hydrogens (tertiary/aromatic N) is 1. The highest BCUT2D eigenvalue weighted by Gasteiger charge is 2.08. The third kappa shape index (κ3) is 1.78. The molecule has 1 rings (SSSR count). The Morgan fingerprint density at radius 3 is 2.83 bits per heavy atom. The van der Waals surface area contributed by atoms with Crippen molar-refractivity contribution in [3.63, 3.8) is 0 Å². The lowest BCUT2D eigenvalue weighted by atomic mass is 10.1. The molecule has 0 unspecified atom stereocenters. The van der Waals surface area contributed by atoms with Crippen molar-refractivity contribution < 1.29 is 9.50 Å². The molecule has 66 valence electrons. The second kappa shape index (κ2) is 3.60. The van der Waals surface area contributed by atoms with E-state index in [-0.39, 0.29) is 6.61 Å². The van der Waals surface area contributed by atoms with Crippen LogP contribution in [0.25, 0.3) is 0 Å². The van der Waals surface area contributed by atoms with Gasteiger partial charge in [-0.15, -0.1) is 0 Å². The van der Waals surface area contributed by atoms with Crippen LogP contribution < -0.4 is 5.73 Å². The summed E-state index contributed by atoms with van der Waals surface area (Å²) in [6.07, 6.45) is 0. The largest absolute Gasteiger partial charge is 0.394 e. The number of aryl methyl sites for hydroxylation is 1. The summed E-state index contributed by atoms with van der Waals surface area (Å²) in [6.45, 7) is 1.50. The summed E-state index contributed by atoms with van der Waals surface area (Å²) in [6, 6.07) is 2.30. The van der Waals surface area contributed by atoms with E-state index in [0.717, 1.165) is 0 Å². The Balaban J connectivity index is 3.01. The molecule has 0 fully saturated rings. The van der Waals surface area contributed by atoms with Crippen molar-refractivity contribution >= 4 is 0 Å². The molecular formula is C8H11FN2O. The Kier molecular flexibility index (Phi) is 2.73. The fraction of sp³-hybridized carbons (Fsp3) is 0.375. The molecule has 0 amide bonds. The highest BCUT2D eigenvalue weighted by Crippen LogP contribution is 2.13. The number of aromatic nitrogens is 1. The van der Waals surface area contributed by atoms with Gasteiger partial charge in [-0.05, 0) is 18.6 Å². The molecule has 1 aromatic rings. The van der Waals surface area contributed by atoms with E-state index in [2.05, 4.69) is 4.98 Å². The third-order valence-corrected chi connectivity index (χ3v) is 1.69. The lowest BCUT2D eigenvalue weighted by Gasteiger charge is -2.10. The molecule has 1 heterocycles. The van der Waals surface area contributed by atoms with Gasteiger partial charge in [0.1, 0.15) is 0 Å². The Labute approximate surface area is 70.0 Å². The second-order valence-corrected chi connectivity index (χ2v) is 2.60. The molecule has 0 bridgehead atoms. The minimum Gasteiger partial charge on any atom is -0.394 e. The Morgan fingerprint density at radius 1 is 1.67 bits per heavy atom. The van der Waals surface area contributed by atoms with Crippen LogP contribution in [-0.4, -0.2) is 16.7 Å². The molecule has 12 heavy (non-hydrogen) atoms. The van der Waals surface area contributed by atoms with Gasteiger partial charge in [-0.1, -0.05) is 6.07 Å². The number of aliphatic hydroxyl groups excluding tert-OH is 1. The van der Waals surface area contributed by atoms with Crippen molar-refractivity contribution in [2.24, 2.45) is 5.73 Å². The summed E-state index contributed by atoms with van der Waals surface area (Å²) in [4.78, 5) is 3.58. The van der Waals surface area contributed by atoms with Crippen molar-refractivity contribution in [3.8, 4) is 0 Å². The first-order chi connectivity index (χ1) is 5.65. The zero-order chi connectivity index (χ0) is 9.14. The van der Waals surface area contributed by atoms with Crippen LogP contribution >= 0.6 is 0 Å². The van der Waals surface area contributed by atoms with Crippen LogP contribution in [0.4, 0.5) is 4.39 Å². The zero-order valence-corrected chi connectivity index (χ0v) is 6.79. The number of hydrogen-bond donors (Lipinski definition) is 2. The summed E-state index contributed by atoms with van der Waals surface area (Å²) in [5.41, 5.74) is 6.74. The van der Waals surface area contributed by atoms with Gasteiger partial charge >= 0.3 is 0 Å². The molecule has 0 spiro atoms. The van der Waals surface area contributed by atoms with Gasteiger partial charge in [-0.25, -0.2) is 4.98 Å². The first kappa shape index (κ1) is 9.09. The molecule has 0 aliphatic carbocycles. The quantitative estimate of drug-likeness (QED) is 0.636. The first-order valence-electron chi connectivity index (χ1n) is 3.64. The Morgan fingerprint density at radius 2 is 2.33 bits per heavy atom. The van der Waals surface area contributed by atoms with E-state index in [4.69, 9.17) is 10.8 Å². The van der Waals surface area contributed by atoms with E-state index < -0.39 is 12.0 Å². The topological polar surface area (TPSA) is 59.1 Å². The summed E-state index contributed by atoms with van der Waals surface area (Å²) >= 11 is 0. The third-order valence-electron chi connectivity index (χ3n) is 1.69. The maximum absolute atomic E-state index is 12.5. The zero-order valence-electron chi connectivity index (χ0n) is 6.79. The second-order valence-electron chi connectivity index (χ2n) is 2.60. The molecule has 0 aliphatic heterocycles. The summed E-state index contributed by atoms with van der Waals surface area (Å²) in [5, 5.41) is 8.74. The highest BCUT2D eigenvalue weighted by atomic mass is 19.1. The van der Waals surface area contributed by atoms with Gasteiger partial charge in [0, 0.05) is 5.69 Å². The Hall–Kier alpha value is -1.00. The van der Waals surface area contributed by atoms with E-state index in [0.29, 0.717) is 11.3 Å². The number of pyridine rings is 1. The molecule has 4 heteroatoms. The summed E-state index contributed by atoms with van der Waals surface area (Å²) < 4.78 is 12.5. The molecule has 1 aromatic heterocycles. The predicted molar refractivity (Wildman–Crippen MR) is 42.9 cm³/mol. The van der Waals surface area contributed by atoms with Crippen LogP contribution in [-0.2, 0) is 0 Å². The molecule has 0 aliphatic rings. The van der Waals surface area contributed by atoms with Crippen molar-refractivity contribution in [1.29, 1.82) is 0 Å². The maximum Gasteiger partial charge on any atom is 0.213 e. The van der Waals surface area contributed by atoms with E-state index in [1.165, 1.54) is 6.07 Å². The van der Waals surface area contributed by atoms with Crippen LogP contribution in [0.5, 0.6) is 0 Å². The lowest BCUT2D eigenvalue weighted by molar-refractivity contribution is 0.267. The van der Waals surface area contributed by atoms with Gasteiger partial charge in [0.15, 0.2) is 0 Å². The average Bonchev–Trinajstić information content (AvgIpc) is 2.03. The van der Waals surface area contributed by atoms with Gasteiger partial charge < -0.3 is 10.8 Å². The van der Waals surface area contributed by atoms with Gasteiger partial charge in [0.25, 0.3) is 0 Å². The normalized spacial score (nSPS) is 13.0. The van der Waals surface area contributed by atoms with Gasteiger partial charge in [-0.2, -0.15) is 4.39 Å². The lowest BCUT2D eigenvalue weighted by Crippen LogP contribution is -2.16. The summed E-state index contributed by atoms with van der Waals surface area (Å²) in [7, 11) is 0. The molecule has 0 radical (unpaired) electrons. The number of nitrogens with two attached hydrogens (primary N) is 1. The Bertz CT molecular complexity index is 278. The molecule has 3 N–H and O–H groups in total. The van der Waals surface area contributed by atoms with Crippen LogP contribution in [0.15, 0.2) is 12.1 Å². The number of rotatable bonds is 2. The minimum absolute atomic E-state index is 0.159. The average molecular weight is 170 g/mol. The van der Waals surface area contributed by atoms with Crippen molar-refractivity contribution in [3.05, 3.63) is 29.3 Å². The molecule has 0 aromatic carbocycles. The predicted octanol–water partition coefficient (Wildman–Crippen LogP) is 0.521. The van der Waals surface area contributed by atoms with Crippen LogP contribution in [0.3, 0.4) is 0 Å². The van der Waals surface area contributed by atoms with E-state index in [1.807, 2.05) is 0 Å². The number of halogens is 1. The van der Waals surface area contributed by atoms with Crippen molar-refractivity contribution in [1.82, 2.24) is 4.98 Å². The molecular weight excluding hydrogens is 159 g/mol. The fourth-order valence-corrected chi connectivity index (χ4v) is 1.03. The molecule has 3 nitrogen and oxygen atoms in total. The summed E-state index contributed by atoms with van der Waals surface area (Å²) in [5.74, 6) is -0.526. The van der Waals surface area contributed by atoms with Gasteiger partial charge in [-0.3, -0.25) is 0 Å². The van der Waals surface area contributed by atoms with E-state index in [1.54, 1.807) is 13.0 Å². The smallest absolute Gasteiger partial charge is 0.213 e. The monoisotopic (exact) mass is 170 g/mol. The standard InChI is InChI=1S/C8H11FN2O/c1-5-6(7(10)4-12)2-3-8(9)11-5/h2-3,7,12H,4,10H2,1H3/t7-/m1/s1. The van der Waals surface area contributed by atoms with E-state index in [9.17, 15) is 4.39 Å². The maximum atomic E-state index is 12.5. The van der Waals surface area contributed by atoms with Crippen LogP contribution in [0.2, 0.25) is 0 Å². The first-order valence-corrected chi connectivity index (χ1v) is 3.64. The number of aliphatic hydroxyl groups is 1.